The zero-order valence-corrected chi connectivity index (χ0v) is 12.3. The van der Waals surface area contributed by atoms with Crippen LogP contribution in [0.5, 0.6) is 0 Å². The highest BCUT2D eigenvalue weighted by molar-refractivity contribution is 14.1. The van der Waals surface area contributed by atoms with Crippen molar-refractivity contribution in [1.29, 1.82) is 0 Å². The summed E-state index contributed by atoms with van der Waals surface area (Å²) >= 11 is 1.98. The summed E-state index contributed by atoms with van der Waals surface area (Å²) in [5, 5.41) is 0. The zero-order valence-electron chi connectivity index (χ0n) is 10.2. The Labute approximate surface area is 117 Å². The maximum absolute atomic E-state index is 13.4. The molecular weight excluding hydrogens is 356 g/mol. The summed E-state index contributed by atoms with van der Waals surface area (Å²) in [6.45, 7) is 3.67. The Bertz CT molecular complexity index is 456. The van der Waals surface area contributed by atoms with Crippen LogP contribution in [0.4, 0.5) is 4.39 Å². The quantitative estimate of drug-likeness (QED) is 0.435. The molecule has 2 atom stereocenters. The molecule has 0 aromatic carbocycles. The van der Waals surface area contributed by atoms with Gasteiger partial charge in [-0.1, -0.05) is 22.6 Å². The molecule has 1 aromatic heterocycles. The van der Waals surface area contributed by atoms with Crippen molar-refractivity contribution in [1.82, 2.24) is 4.74 Å². The molecule has 0 N–H and O–H groups in total. The number of esters is 1. The van der Waals surface area contributed by atoms with Crippen LogP contribution in [0.15, 0.2) is 15.4 Å². The fourth-order valence-corrected chi connectivity index (χ4v) is 2.23. The van der Waals surface area contributed by atoms with E-state index in [0.717, 1.165) is 4.74 Å². The van der Waals surface area contributed by atoms with Gasteiger partial charge in [0.25, 0.3) is 5.56 Å². The summed E-state index contributed by atoms with van der Waals surface area (Å²) in [6, 6.07) is 1.36. The molecule has 1 rings (SSSR count). The molecule has 0 aliphatic carbocycles. The lowest BCUT2D eigenvalue weighted by molar-refractivity contribution is -0.149. The van der Waals surface area contributed by atoms with Crippen molar-refractivity contribution in [2.75, 3.05) is 6.61 Å². The number of alkyl halides is 2. The van der Waals surface area contributed by atoms with Crippen LogP contribution in [0.2, 0.25) is 0 Å². The highest BCUT2D eigenvalue weighted by Crippen LogP contribution is 2.15. The van der Waals surface area contributed by atoms with Crippen LogP contribution < -0.4 is 5.56 Å². The zero-order chi connectivity index (χ0) is 13.7. The summed E-state index contributed by atoms with van der Waals surface area (Å²) in [5.41, 5.74) is -0.263. The number of rotatable bonds is 6. The van der Waals surface area contributed by atoms with Crippen molar-refractivity contribution in [3.8, 4) is 0 Å². The van der Waals surface area contributed by atoms with Gasteiger partial charge < -0.3 is 9.26 Å². The summed E-state index contributed by atoms with van der Waals surface area (Å²) in [7, 11) is 0. The molecule has 5 nitrogen and oxygen atoms in total. The number of aryl methyl sites for hydroxylation is 1. The molecule has 0 aliphatic heterocycles. The van der Waals surface area contributed by atoms with Gasteiger partial charge in [0, 0.05) is 16.4 Å². The van der Waals surface area contributed by atoms with E-state index in [4.69, 9.17) is 4.52 Å². The molecule has 102 valence electrons. The summed E-state index contributed by atoms with van der Waals surface area (Å²) < 4.78 is 24.1. The molecule has 7 heteroatoms. The van der Waals surface area contributed by atoms with Gasteiger partial charge in [-0.15, -0.1) is 0 Å². The van der Waals surface area contributed by atoms with Gasteiger partial charge in [0.1, 0.15) is 5.76 Å². The second-order valence-corrected chi connectivity index (χ2v) is 5.56. The van der Waals surface area contributed by atoms with Crippen LogP contribution in [0.1, 0.15) is 19.1 Å². The number of ether oxygens (including phenoxy) is 1. The lowest BCUT2D eigenvalue weighted by Gasteiger charge is -2.12. The molecule has 18 heavy (non-hydrogen) atoms. The van der Waals surface area contributed by atoms with Gasteiger partial charge in [-0.3, -0.25) is 4.79 Å². The molecule has 0 saturated heterocycles. The third-order valence-electron chi connectivity index (χ3n) is 2.20. The molecule has 0 spiro atoms. The Hall–Kier alpha value is -0.860. The van der Waals surface area contributed by atoms with Crippen molar-refractivity contribution in [3.05, 3.63) is 22.2 Å². The summed E-state index contributed by atoms with van der Waals surface area (Å²) in [4.78, 5) is 22.5. The number of hydrogen-bond donors (Lipinski definition) is 0. The van der Waals surface area contributed by atoms with E-state index in [2.05, 4.69) is 4.74 Å². The Balaban J connectivity index is 2.51. The standard InChI is InChI=1S/C11H15FINO4/c1-3-17-11(16)9(12)5-8(13)6-14-10(15)4-7(2)18-14/h4,8-9H,3,5-6H2,1-2H3. The Kier molecular flexibility index (Phi) is 5.83. The second-order valence-electron chi connectivity index (χ2n) is 3.80. The van der Waals surface area contributed by atoms with E-state index in [1.54, 1.807) is 13.8 Å². The van der Waals surface area contributed by atoms with Crippen LogP contribution in [-0.4, -0.2) is 27.4 Å². The van der Waals surface area contributed by atoms with Crippen molar-refractivity contribution in [3.63, 3.8) is 0 Å². The Morgan fingerprint density at radius 2 is 2.33 bits per heavy atom. The smallest absolute Gasteiger partial charge is 0.340 e. The monoisotopic (exact) mass is 371 g/mol. The van der Waals surface area contributed by atoms with Gasteiger partial charge in [0.15, 0.2) is 6.17 Å². The highest BCUT2D eigenvalue weighted by atomic mass is 127. The Morgan fingerprint density at radius 3 is 2.83 bits per heavy atom. The lowest BCUT2D eigenvalue weighted by Crippen LogP contribution is -2.26. The predicted octanol–water partition coefficient (Wildman–Crippen LogP) is 1.84. The average molecular weight is 371 g/mol. The first kappa shape index (κ1) is 15.2. The third-order valence-corrected chi connectivity index (χ3v) is 3.10. The van der Waals surface area contributed by atoms with E-state index in [1.807, 2.05) is 22.6 Å². The van der Waals surface area contributed by atoms with E-state index < -0.39 is 12.1 Å². The number of carbonyl (C=O) groups is 1. The van der Waals surface area contributed by atoms with E-state index >= 15 is 0 Å². The fourth-order valence-electron chi connectivity index (χ4n) is 1.43. The van der Waals surface area contributed by atoms with Gasteiger partial charge >= 0.3 is 5.97 Å². The van der Waals surface area contributed by atoms with Gasteiger partial charge in [-0.05, 0) is 13.8 Å². The van der Waals surface area contributed by atoms with E-state index in [9.17, 15) is 14.0 Å². The maximum Gasteiger partial charge on any atom is 0.340 e. The van der Waals surface area contributed by atoms with Gasteiger partial charge in [0.05, 0.1) is 13.2 Å². The fraction of sp³-hybridized carbons (Fsp3) is 0.636. The second kappa shape index (κ2) is 6.91. The minimum atomic E-state index is -1.67. The minimum absolute atomic E-state index is 0.00835. The van der Waals surface area contributed by atoms with Crippen LogP contribution in [0.3, 0.4) is 0 Å². The van der Waals surface area contributed by atoms with Crippen LogP contribution >= 0.6 is 22.6 Å². The van der Waals surface area contributed by atoms with Crippen molar-refractivity contribution < 1.29 is 18.4 Å². The molecule has 0 bridgehead atoms. The predicted molar refractivity (Wildman–Crippen MR) is 71.7 cm³/mol. The molecule has 1 aromatic rings. The molecule has 0 saturated carbocycles. The SMILES string of the molecule is CCOC(=O)C(F)CC(I)Cn1oc(C)cc1=O. The van der Waals surface area contributed by atoms with E-state index in [0.29, 0.717) is 5.76 Å². The summed E-state index contributed by atoms with van der Waals surface area (Å²) in [6.07, 6.45) is -1.68. The first-order valence-electron chi connectivity index (χ1n) is 5.56. The van der Waals surface area contributed by atoms with Crippen molar-refractivity contribution >= 4 is 28.6 Å². The number of halogens is 2. The lowest BCUT2D eigenvalue weighted by atomic mass is 10.2. The number of aromatic nitrogens is 1. The molecule has 1 heterocycles. The first-order valence-corrected chi connectivity index (χ1v) is 6.81. The maximum atomic E-state index is 13.4. The molecule has 0 amide bonds. The normalized spacial score (nSPS) is 14.2. The number of carbonyl (C=O) groups excluding carboxylic acids is 1. The molecule has 0 aliphatic rings. The first-order chi connectivity index (χ1) is 8.43. The summed E-state index contributed by atoms with van der Waals surface area (Å²) in [5.74, 6) is -0.354. The molecule has 0 fully saturated rings. The molecule has 0 radical (unpaired) electrons. The van der Waals surface area contributed by atoms with Gasteiger partial charge in [-0.2, -0.15) is 4.74 Å². The molecular formula is C11H15FINO4. The minimum Gasteiger partial charge on any atom is -0.464 e. The van der Waals surface area contributed by atoms with Crippen LogP contribution in [0, 0.1) is 6.92 Å². The van der Waals surface area contributed by atoms with Crippen molar-refractivity contribution in [2.45, 2.75) is 36.9 Å². The third kappa shape index (κ3) is 4.43. The topological polar surface area (TPSA) is 61.4 Å². The molecule has 2 unspecified atom stereocenters. The van der Waals surface area contributed by atoms with E-state index in [1.165, 1.54) is 6.07 Å². The van der Waals surface area contributed by atoms with Gasteiger partial charge in [0.2, 0.25) is 0 Å². The number of hydrogen-bond acceptors (Lipinski definition) is 4. The van der Waals surface area contributed by atoms with Gasteiger partial charge in [-0.25, -0.2) is 9.18 Å². The Morgan fingerprint density at radius 1 is 1.67 bits per heavy atom. The van der Waals surface area contributed by atoms with Crippen LogP contribution in [-0.2, 0) is 16.1 Å². The van der Waals surface area contributed by atoms with Crippen LogP contribution in [0.25, 0.3) is 0 Å². The average Bonchev–Trinajstić information content (AvgIpc) is 2.57. The largest absolute Gasteiger partial charge is 0.464 e. The van der Waals surface area contributed by atoms with E-state index in [-0.39, 0.29) is 29.1 Å². The van der Waals surface area contributed by atoms with Crippen molar-refractivity contribution in [2.24, 2.45) is 0 Å². The number of nitrogens with zero attached hydrogens (tertiary/aromatic N) is 1. The highest BCUT2D eigenvalue weighted by Gasteiger charge is 2.23.